The van der Waals surface area contributed by atoms with Gasteiger partial charge in [0.2, 0.25) is 0 Å². The number of unbranched alkanes of at least 4 members (excludes halogenated alkanes) is 2. The Labute approximate surface area is 214 Å². The molecule has 0 nitrogen and oxygen atoms in total. The molecule has 1 aromatic carbocycles. The summed E-state index contributed by atoms with van der Waals surface area (Å²) in [4.78, 5) is 0. The third kappa shape index (κ3) is 8.43. The van der Waals surface area contributed by atoms with Gasteiger partial charge in [0.15, 0.2) is 11.6 Å². The van der Waals surface area contributed by atoms with Crippen molar-refractivity contribution in [2.75, 3.05) is 0 Å². The van der Waals surface area contributed by atoms with Gasteiger partial charge in [0.1, 0.15) is 0 Å². The fourth-order valence-corrected chi connectivity index (χ4v) is 7.49. The molecule has 0 unspecified atom stereocenters. The smallest absolute Gasteiger partial charge is 0.159 e. The standard InChI is InChI=1S/C33H50F2/c1-2-3-4-5-25-14-19-30(20-15-25)31-21-16-28(17-22-31)11-10-26-6-8-27(9-7-26)12-13-29-18-23-32(34)33(35)24-29/h10-11,18,23-28,30-31H,2-9,12-17,19-22H2,1H3/b11-10+. The minimum absolute atomic E-state index is 0.712. The van der Waals surface area contributed by atoms with E-state index in [1.807, 2.05) is 0 Å². The first-order valence-electron chi connectivity index (χ1n) is 15.2. The Morgan fingerprint density at radius 2 is 1.20 bits per heavy atom. The van der Waals surface area contributed by atoms with Gasteiger partial charge in [0.25, 0.3) is 0 Å². The van der Waals surface area contributed by atoms with E-state index in [1.165, 1.54) is 115 Å². The number of hydrogen-bond acceptors (Lipinski definition) is 0. The van der Waals surface area contributed by atoms with E-state index >= 15 is 0 Å². The highest BCUT2D eigenvalue weighted by Crippen LogP contribution is 2.43. The third-order valence-corrected chi connectivity index (χ3v) is 9.96. The van der Waals surface area contributed by atoms with Crippen molar-refractivity contribution < 1.29 is 8.78 Å². The van der Waals surface area contributed by atoms with Gasteiger partial charge in [-0.3, -0.25) is 0 Å². The SMILES string of the molecule is CCCCCC1CCC(C2CCC(/C=C/C3CCC(CCc4ccc(F)c(F)c4)CC3)CC2)CC1. The van der Waals surface area contributed by atoms with Gasteiger partial charge in [0.05, 0.1) is 0 Å². The third-order valence-electron chi connectivity index (χ3n) is 9.96. The van der Waals surface area contributed by atoms with Crippen LogP contribution in [-0.2, 0) is 6.42 Å². The Kier molecular flexibility index (Phi) is 10.7. The maximum atomic E-state index is 13.4. The molecule has 0 N–H and O–H groups in total. The first-order chi connectivity index (χ1) is 17.1. The fraction of sp³-hybridized carbons (Fsp3) is 0.758. The van der Waals surface area contributed by atoms with Crippen molar-refractivity contribution in [1.29, 1.82) is 0 Å². The van der Waals surface area contributed by atoms with Crippen LogP contribution < -0.4 is 0 Å². The van der Waals surface area contributed by atoms with E-state index < -0.39 is 11.6 Å². The molecule has 0 aromatic heterocycles. The highest BCUT2D eigenvalue weighted by molar-refractivity contribution is 5.18. The number of aryl methyl sites for hydroxylation is 1. The van der Waals surface area contributed by atoms with E-state index in [2.05, 4.69) is 19.1 Å². The van der Waals surface area contributed by atoms with Gasteiger partial charge in [-0.25, -0.2) is 8.78 Å². The van der Waals surface area contributed by atoms with Crippen LogP contribution in [0.1, 0.15) is 122 Å². The van der Waals surface area contributed by atoms with Crippen molar-refractivity contribution in [3.05, 3.63) is 47.5 Å². The van der Waals surface area contributed by atoms with Crippen LogP contribution in [0.25, 0.3) is 0 Å². The quantitative estimate of drug-likeness (QED) is 0.229. The van der Waals surface area contributed by atoms with Crippen molar-refractivity contribution in [3.8, 4) is 0 Å². The Balaban J connectivity index is 1.09. The minimum atomic E-state index is -0.741. The number of rotatable bonds is 10. The first-order valence-corrected chi connectivity index (χ1v) is 15.2. The van der Waals surface area contributed by atoms with Gasteiger partial charge in [-0.15, -0.1) is 0 Å². The molecular weight excluding hydrogens is 434 g/mol. The molecule has 2 heteroatoms. The molecule has 0 heterocycles. The summed E-state index contributed by atoms with van der Waals surface area (Å²) < 4.78 is 26.6. The first kappa shape index (κ1) is 26.9. The molecule has 3 aliphatic rings. The van der Waals surface area contributed by atoms with Gasteiger partial charge >= 0.3 is 0 Å². The molecular formula is C33H50F2. The van der Waals surface area contributed by atoms with E-state index in [4.69, 9.17) is 0 Å². The molecule has 196 valence electrons. The molecule has 0 amide bonds. The molecule has 0 bridgehead atoms. The number of allylic oxidation sites excluding steroid dienone is 2. The highest BCUT2D eigenvalue weighted by atomic mass is 19.2. The zero-order valence-corrected chi connectivity index (χ0v) is 22.3. The molecule has 1 aromatic rings. The van der Waals surface area contributed by atoms with Gasteiger partial charge in [-0.05, 0) is 130 Å². The van der Waals surface area contributed by atoms with Crippen LogP contribution in [-0.4, -0.2) is 0 Å². The van der Waals surface area contributed by atoms with Crippen molar-refractivity contribution in [2.45, 2.75) is 122 Å². The molecule has 3 saturated carbocycles. The average molecular weight is 485 g/mol. The molecule has 0 radical (unpaired) electrons. The summed E-state index contributed by atoms with van der Waals surface area (Å²) in [5, 5.41) is 0. The molecule has 0 saturated heterocycles. The van der Waals surface area contributed by atoms with Crippen LogP contribution >= 0.6 is 0 Å². The van der Waals surface area contributed by atoms with Gasteiger partial charge in [0, 0.05) is 0 Å². The summed E-state index contributed by atoms with van der Waals surface area (Å²) in [7, 11) is 0. The largest absolute Gasteiger partial charge is 0.204 e. The predicted octanol–water partition coefficient (Wildman–Crippen LogP) is 10.5. The second-order valence-corrected chi connectivity index (χ2v) is 12.4. The lowest BCUT2D eigenvalue weighted by Gasteiger charge is -2.37. The predicted molar refractivity (Wildman–Crippen MR) is 144 cm³/mol. The van der Waals surface area contributed by atoms with Crippen LogP contribution in [0.15, 0.2) is 30.4 Å². The monoisotopic (exact) mass is 484 g/mol. The van der Waals surface area contributed by atoms with E-state index in [1.54, 1.807) is 6.07 Å². The summed E-state index contributed by atoms with van der Waals surface area (Å²) in [6.07, 6.45) is 29.9. The molecule has 0 aliphatic heterocycles. The maximum absolute atomic E-state index is 13.4. The van der Waals surface area contributed by atoms with Gasteiger partial charge in [-0.2, -0.15) is 0 Å². The Hall–Kier alpha value is -1.18. The van der Waals surface area contributed by atoms with Crippen molar-refractivity contribution in [2.24, 2.45) is 35.5 Å². The number of hydrogen-bond donors (Lipinski definition) is 0. The van der Waals surface area contributed by atoms with Crippen LogP contribution in [0.2, 0.25) is 0 Å². The summed E-state index contributed by atoms with van der Waals surface area (Å²) >= 11 is 0. The number of halogens is 2. The van der Waals surface area contributed by atoms with E-state index in [0.717, 1.165) is 53.9 Å². The lowest BCUT2D eigenvalue weighted by molar-refractivity contribution is 0.151. The second kappa shape index (κ2) is 13.9. The van der Waals surface area contributed by atoms with E-state index in [0.29, 0.717) is 0 Å². The topological polar surface area (TPSA) is 0 Å². The fourth-order valence-electron chi connectivity index (χ4n) is 7.49. The zero-order chi connectivity index (χ0) is 24.5. The van der Waals surface area contributed by atoms with Crippen molar-refractivity contribution in [1.82, 2.24) is 0 Å². The van der Waals surface area contributed by atoms with Crippen LogP contribution in [0.5, 0.6) is 0 Å². The van der Waals surface area contributed by atoms with E-state index in [9.17, 15) is 8.78 Å². The minimum Gasteiger partial charge on any atom is -0.204 e. The molecule has 35 heavy (non-hydrogen) atoms. The van der Waals surface area contributed by atoms with Crippen LogP contribution in [0.4, 0.5) is 8.78 Å². The average Bonchev–Trinajstić information content (AvgIpc) is 2.90. The Morgan fingerprint density at radius 3 is 1.80 bits per heavy atom. The Bertz CT molecular complexity index is 759. The molecule has 4 rings (SSSR count). The van der Waals surface area contributed by atoms with Gasteiger partial charge in [-0.1, -0.05) is 63.7 Å². The van der Waals surface area contributed by atoms with Crippen LogP contribution in [0.3, 0.4) is 0 Å². The summed E-state index contributed by atoms with van der Waals surface area (Å²) in [5.41, 5.74) is 0.932. The van der Waals surface area contributed by atoms with Gasteiger partial charge < -0.3 is 0 Å². The summed E-state index contributed by atoms with van der Waals surface area (Å²) in [6, 6.07) is 4.37. The number of benzene rings is 1. The highest BCUT2D eigenvalue weighted by Gasteiger charge is 2.30. The zero-order valence-electron chi connectivity index (χ0n) is 22.3. The molecule has 0 atom stereocenters. The van der Waals surface area contributed by atoms with E-state index in [-0.39, 0.29) is 0 Å². The van der Waals surface area contributed by atoms with Crippen LogP contribution in [0, 0.1) is 47.1 Å². The normalized spacial score (nSPS) is 32.2. The maximum Gasteiger partial charge on any atom is 0.159 e. The lowest BCUT2D eigenvalue weighted by atomic mass is 9.68. The van der Waals surface area contributed by atoms with Crippen molar-refractivity contribution in [3.63, 3.8) is 0 Å². The summed E-state index contributed by atoms with van der Waals surface area (Å²) in [5.74, 6) is 3.96. The van der Waals surface area contributed by atoms with Crippen molar-refractivity contribution >= 4 is 0 Å². The second-order valence-electron chi connectivity index (χ2n) is 12.4. The molecule has 3 fully saturated rings. The lowest BCUT2D eigenvalue weighted by Crippen LogP contribution is -2.25. The summed E-state index contributed by atoms with van der Waals surface area (Å²) in [6.45, 7) is 2.32. The Morgan fingerprint density at radius 1 is 0.657 bits per heavy atom. The molecule has 3 aliphatic carbocycles. The molecule has 0 spiro atoms.